The molecule has 1 heterocycles. The molecule has 158 valence electrons. The lowest BCUT2D eigenvalue weighted by atomic mass is 10.0. The van der Waals surface area contributed by atoms with Crippen LogP contribution in [0.15, 0.2) is 52.3 Å². The second kappa shape index (κ2) is 10.1. The van der Waals surface area contributed by atoms with Crippen molar-refractivity contribution in [3.05, 3.63) is 57.9 Å². The maximum atomic E-state index is 12.3. The third kappa shape index (κ3) is 6.06. The van der Waals surface area contributed by atoms with Crippen molar-refractivity contribution < 1.29 is 14.3 Å². The van der Waals surface area contributed by atoms with Crippen LogP contribution >= 0.6 is 27.3 Å². The average molecular weight is 489 g/mol. The number of anilines is 1. The lowest BCUT2D eigenvalue weighted by molar-refractivity contribution is -0.118. The van der Waals surface area contributed by atoms with Gasteiger partial charge in [-0.3, -0.25) is 10.1 Å². The zero-order valence-electron chi connectivity index (χ0n) is 17.4. The number of amides is 1. The summed E-state index contributed by atoms with van der Waals surface area (Å²) in [4.78, 5) is 16.8. The van der Waals surface area contributed by atoms with E-state index >= 15 is 0 Å². The summed E-state index contributed by atoms with van der Waals surface area (Å²) in [6.45, 7) is 8.16. The Morgan fingerprint density at radius 3 is 2.50 bits per heavy atom. The summed E-state index contributed by atoms with van der Waals surface area (Å²) in [5.74, 6) is 1.63. The maximum Gasteiger partial charge on any atom is 0.264 e. The Bertz CT molecular complexity index is 1000. The average Bonchev–Trinajstić information content (AvgIpc) is 3.15. The molecule has 3 aromatic rings. The molecule has 1 amide bonds. The lowest BCUT2D eigenvalue weighted by Gasteiger charge is -2.11. The van der Waals surface area contributed by atoms with Crippen LogP contribution in [0.2, 0.25) is 0 Å². The first-order valence-corrected chi connectivity index (χ1v) is 11.4. The van der Waals surface area contributed by atoms with Crippen molar-refractivity contribution >= 4 is 38.3 Å². The largest absolute Gasteiger partial charge is 0.491 e. The highest BCUT2D eigenvalue weighted by Gasteiger charge is 2.11. The quantitative estimate of drug-likeness (QED) is 0.392. The fourth-order valence-electron chi connectivity index (χ4n) is 2.73. The van der Waals surface area contributed by atoms with Crippen molar-refractivity contribution in [2.75, 3.05) is 11.9 Å². The van der Waals surface area contributed by atoms with Crippen LogP contribution in [0.25, 0.3) is 11.3 Å². The molecule has 3 rings (SSSR count). The van der Waals surface area contributed by atoms with Gasteiger partial charge in [-0.1, -0.05) is 19.9 Å². The summed E-state index contributed by atoms with van der Waals surface area (Å²) in [5.41, 5.74) is 2.98. The molecule has 5 nitrogen and oxygen atoms in total. The standard InChI is InChI=1S/C23H25BrN2O3S/c1-14(2)17-7-10-21(19(24)11-17)28-12-22(27)26-23-25-20(13-30-23)16-5-8-18(9-6-16)29-15(3)4/h5-11,13-15H,12H2,1-4H3,(H,25,26,27). The van der Waals surface area contributed by atoms with Gasteiger partial charge in [-0.15, -0.1) is 11.3 Å². The van der Waals surface area contributed by atoms with Gasteiger partial charge in [0.15, 0.2) is 11.7 Å². The van der Waals surface area contributed by atoms with Crippen molar-refractivity contribution in [1.82, 2.24) is 4.98 Å². The number of benzene rings is 2. The Hall–Kier alpha value is -2.38. The first-order valence-electron chi connectivity index (χ1n) is 9.76. The second-order valence-corrected chi connectivity index (χ2v) is 9.12. The van der Waals surface area contributed by atoms with E-state index in [1.165, 1.54) is 16.9 Å². The van der Waals surface area contributed by atoms with Gasteiger partial charge in [0.05, 0.1) is 16.3 Å². The van der Waals surface area contributed by atoms with Gasteiger partial charge in [0.2, 0.25) is 0 Å². The molecule has 0 aliphatic heterocycles. The number of aromatic nitrogens is 1. The number of halogens is 1. The number of nitrogens with one attached hydrogen (secondary N) is 1. The van der Waals surface area contributed by atoms with E-state index in [1.807, 2.05) is 61.7 Å². The number of carbonyl (C=O) groups excluding carboxylic acids is 1. The number of nitrogens with zero attached hydrogens (tertiary/aromatic N) is 1. The molecule has 2 aromatic carbocycles. The lowest BCUT2D eigenvalue weighted by Crippen LogP contribution is -2.20. The topological polar surface area (TPSA) is 60.5 Å². The van der Waals surface area contributed by atoms with Crippen LogP contribution in [0.5, 0.6) is 11.5 Å². The Morgan fingerprint density at radius 1 is 1.13 bits per heavy atom. The van der Waals surface area contributed by atoms with Gasteiger partial charge in [0.25, 0.3) is 5.91 Å². The third-order valence-corrected chi connectivity index (χ3v) is 5.63. The van der Waals surface area contributed by atoms with Crippen molar-refractivity contribution in [3.63, 3.8) is 0 Å². The van der Waals surface area contributed by atoms with Gasteiger partial charge in [-0.2, -0.15) is 0 Å². The fourth-order valence-corrected chi connectivity index (χ4v) is 3.98. The molecule has 0 unspecified atom stereocenters. The normalized spacial score (nSPS) is 11.0. The minimum atomic E-state index is -0.253. The Morgan fingerprint density at radius 2 is 1.87 bits per heavy atom. The van der Waals surface area contributed by atoms with E-state index in [-0.39, 0.29) is 18.6 Å². The number of hydrogen-bond acceptors (Lipinski definition) is 5. The zero-order valence-corrected chi connectivity index (χ0v) is 19.8. The van der Waals surface area contributed by atoms with Gasteiger partial charge in [0.1, 0.15) is 11.5 Å². The fraction of sp³-hybridized carbons (Fsp3) is 0.304. The molecule has 0 fully saturated rings. The van der Waals surface area contributed by atoms with E-state index in [4.69, 9.17) is 9.47 Å². The van der Waals surface area contributed by atoms with Crippen LogP contribution in [0.1, 0.15) is 39.2 Å². The predicted molar refractivity (Wildman–Crippen MR) is 126 cm³/mol. The molecular weight excluding hydrogens is 464 g/mol. The van der Waals surface area contributed by atoms with Gasteiger partial charge >= 0.3 is 0 Å². The highest BCUT2D eigenvalue weighted by molar-refractivity contribution is 9.10. The predicted octanol–water partition coefficient (Wildman–Crippen LogP) is 6.50. The number of rotatable bonds is 8. The molecular formula is C23H25BrN2O3S. The zero-order chi connectivity index (χ0) is 21.7. The number of thiazole rings is 1. The highest BCUT2D eigenvalue weighted by atomic mass is 79.9. The monoisotopic (exact) mass is 488 g/mol. The van der Waals surface area contributed by atoms with E-state index in [0.717, 1.165) is 21.5 Å². The molecule has 0 radical (unpaired) electrons. The summed E-state index contributed by atoms with van der Waals surface area (Å²) in [7, 11) is 0. The van der Waals surface area contributed by atoms with Crippen molar-refractivity contribution in [1.29, 1.82) is 0 Å². The molecule has 30 heavy (non-hydrogen) atoms. The van der Waals surface area contributed by atoms with Crippen molar-refractivity contribution in [2.24, 2.45) is 0 Å². The Kier molecular flexibility index (Phi) is 7.50. The van der Waals surface area contributed by atoms with E-state index in [0.29, 0.717) is 16.8 Å². The minimum absolute atomic E-state index is 0.0875. The summed E-state index contributed by atoms with van der Waals surface area (Å²) in [6, 6.07) is 13.7. The molecule has 0 saturated heterocycles. The number of ether oxygens (including phenoxy) is 2. The Labute approximate surface area is 189 Å². The van der Waals surface area contributed by atoms with Crippen LogP contribution in [0, 0.1) is 0 Å². The molecule has 0 saturated carbocycles. The van der Waals surface area contributed by atoms with Gasteiger partial charge < -0.3 is 9.47 Å². The SMILES string of the molecule is CC(C)Oc1ccc(-c2csc(NC(=O)COc3ccc(C(C)C)cc3Br)n2)cc1. The second-order valence-electron chi connectivity index (χ2n) is 7.41. The summed E-state index contributed by atoms with van der Waals surface area (Å²) < 4.78 is 12.1. The molecule has 1 N–H and O–H groups in total. The van der Waals surface area contributed by atoms with Crippen LogP contribution in [-0.4, -0.2) is 23.6 Å². The summed E-state index contributed by atoms with van der Waals surface area (Å²) in [6.07, 6.45) is 0.132. The van der Waals surface area contributed by atoms with Crippen LogP contribution in [0.3, 0.4) is 0 Å². The molecule has 0 bridgehead atoms. The third-order valence-electron chi connectivity index (χ3n) is 4.25. The van der Waals surface area contributed by atoms with Gasteiger partial charge in [-0.25, -0.2) is 4.98 Å². The van der Waals surface area contributed by atoms with Crippen LogP contribution < -0.4 is 14.8 Å². The molecule has 1 aromatic heterocycles. The maximum absolute atomic E-state index is 12.3. The summed E-state index contributed by atoms with van der Waals surface area (Å²) in [5, 5.41) is 5.24. The highest BCUT2D eigenvalue weighted by Crippen LogP contribution is 2.29. The minimum Gasteiger partial charge on any atom is -0.491 e. The first kappa shape index (κ1) is 22.3. The molecule has 0 spiro atoms. The number of hydrogen-bond donors (Lipinski definition) is 1. The summed E-state index contributed by atoms with van der Waals surface area (Å²) >= 11 is 4.88. The molecule has 0 atom stereocenters. The molecule has 0 aliphatic carbocycles. The van der Waals surface area contributed by atoms with Gasteiger partial charge in [-0.05, 0) is 77.7 Å². The van der Waals surface area contributed by atoms with Gasteiger partial charge in [0, 0.05) is 10.9 Å². The smallest absolute Gasteiger partial charge is 0.264 e. The van der Waals surface area contributed by atoms with Crippen molar-refractivity contribution in [2.45, 2.75) is 39.7 Å². The number of carbonyl (C=O) groups is 1. The Balaban J connectivity index is 1.56. The van der Waals surface area contributed by atoms with E-state index in [9.17, 15) is 4.79 Å². The van der Waals surface area contributed by atoms with Crippen LogP contribution in [-0.2, 0) is 4.79 Å². The van der Waals surface area contributed by atoms with E-state index in [2.05, 4.69) is 40.1 Å². The molecule has 7 heteroatoms. The van der Waals surface area contributed by atoms with E-state index in [1.54, 1.807) is 0 Å². The molecule has 0 aliphatic rings. The van der Waals surface area contributed by atoms with Crippen LogP contribution in [0.4, 0.5) is 5.13 Å². The first-order chi connectivity index (χ1) is 14.3. The van der Waals surface area contributed by atoms with Crippen molar-refractivity contribution in [3.8, 4) is 22.8 Å². The van der Waals surface area contributed by atoms with E-state index < -0.39 is 0 Å².